The lowest BCUT2D eigenvalue weighted by Gasteiger charge is -2.30. The van der Waals surface area contributed by atoms with Gasteiger partial charge in [-0.05, 0) is 63.3 Å². The monoisotopic (exact) mass is 432 g/mol. The van der Waals surface area contributed by atoms with Crippen LogP contribution in [-0.4, -0.2) is 52.2 Å². The normalized spacial score (nSPS) is 15.2. The van der Waals surface area contributed by atoms with Gasteiger partial charge < -0.3 is 20.5 Å². The molecule has 4 aromatic rings. The maximum Gasteiger partial charge on any atom is 0.256 e. The number of fused-ring (bicyclic) bond motifs is 1. The van der Waals surface area contributed by atoms with Gasteiger partial charge in [0.15, 0.2) is 0 Å². The number of hydrogen-bond donors (Lipinski definition) is 4. The van der Waals surface area contributed by atoms with Crippen molar-refractivity contribution in [3.63, 3.8) is 0 Å². The Hall–Kier alpha value is -3.65. The van der Waals surface area contributed by atoms with Crippen LogP contribution >= 0.6 is 0 Å². The summed E-state index contributed by atoms with van der Waals surface area (Å²) in [4.78, 5) is 18.0. The number of aromatic amines is 2. The third-order valence-corrected chi connectivity index (χ3v) is 6.00. The number of H-pyrrole nitrogens is 2. The largest absolute Gasteiger partial charge is 0.382 e. The SMILES string of the molecule is CN1CCC(Nc2ccc(C(=O)Nc3cc(-c4cccc5c(F)c[nH]c45)n[nH]3)cc2)CC1. The Morgan fingerprint density at radius 2 is 1.94 bits per heavy atom. The summed E-state index contributed by atoms with van der Waals surface area (Å²) in [6, 6.07) is 15.1. The Balaban J connectivity index is 1.25. The van der Waals surface area contributed by atoms with Gasteiger partial charge in [-0.15, -0.1) is 0 Å². The molecular weight excluding hydrogens is 407 g/mol. The van der Waals surface area contributed by atoms with Gasteiger partial charge >= 0.3 is 0 Å². The van der Waals surface area contributed by atoms with Crippen LogP contribution in [0.3, 0.4) is 0 Å². The Kier molecular flexibility index (Phi) is 5.36. The minimum atomic E-state index is -0.306. The van der Waals surface area contributed by atoms with Crippen LogP contribution in [0.1, 0.15) is 23.2 Å². The number of hydrogen-bond acceptors (Lipinski definition) is 4. The van der Waals surface area contributed by atoms with E-state index in [0.29, 0.717) is 34.0 Å². The number of amides is 1. The topological polar surface area (TPSA) is 88.8 Å². The molecule has 1 aliphatic rings. The third kappa shape index (κ3) is 4.09. The van der Waals surface area contributed by atoms with Crippen molar-refractivity contribution in [3.05, 3.63) is 66.1 Å². The summed E-state index contributed by atoms with van der Waals surface area (Å²) in [5.74, 6) is -0.0580. The van der Waals surface area contributed by atoms with Crippen molar-refractivity contribution in [1.82, 2.24) is 20.1 Å². The standard InChI is InChI=1S/C24H25FN6O/c1-31-11-9-17(10-12-31)27-16-7-5-15(6-8-16)24(32)28-22-13-21(29-30-22)19-4-2-3-18-20(25)14-26-23(18)19/h2-8,13-14,17,26-27H,9-12H2,1H3,(H2,28,29,30,32). The second kappa shape index (κ2) is 8.47. The van der Waals surface area contributed by atoms with Gasteiger partial charge in [0, 0.05) is 40.5 Å². The number of carbonyl (C=O) groups is 1. The highest BCUT2D eigenvalue weighted by molar-refractivity contribution is 6.04. The van der Waals surface area contributed by atoms with Crippen molar-refractivity contribution in [2.75, 3.05) is 30.8 Å². The number of benzene rings is 2. The number of carbonyl (C=O) groups excluding carboxylic acids is 1. The van der Waals surface area contributed by atoms with Crippen LogP contribution in [0.5, 0.6) is 0 Å². The predicted molar refractivity (Wildman–Crippen MR) is 124 cm³/mol. The summed E-state index contributed by atoms with van der Waals surface area (Å²) in [6.07, 6.45) is 3.56. The average molecular weight is 433 g/mol. The van der Waals surface area contributed by atoms with E-state index in [1.807, 2.05) is 30.3 Å². The molecule has 0 bridgehead atoms. The smallest absolute Gasteiger partial charge is 0.256 e. The molecule has 1 saturated heterocycles. The van der Waals surface area contributed by atoms with Crippen molar-refractivity contribution < 1.29 is 9.18 Å². The number of piperidine rings is 1. The molecule has 0 saturated carbocycles. The van der Waals surface area contributed by atoms with Gasteiger partial charge in [0.2, 0.25) is 0 Å². The summed E-state index contributed by atoms with van der Waals surface area (Å²) in [5.41, 5.74) is 3.62. The molecule has 0 aliphatic carbocycles. The van der Waals surface area contributed by atoms with Crippen molar-refractivity contribution in [1.29, 1.82) is 0 Å². The highest BCUT2D eigenvalue weighted by Gasteiger charge is 2.17. The van der Waals surface area contributed by atoms with Crippen molar-refractivity contribution in [3.8, 4) is 11.3 Å². The molecular formula is C24H25FN6O. The zero-order valence-corrected chi connectivity index (χ0v) is 17.8. The number of halogens is 1. The minimum Gasteiger partial charge on any atom is -0.382 e. The molecule has 1 amide bonds. The maximum absolute atomic E-state index is 13.9. The van der Waals surface area contributed by atoms with Gasteiger partial charge in [0.05, 0.1) is 11.2 Å². The van der Waals surface area contributed by atoms with Crippen molar-refractivity contribution in [2.45, 2.75) is 18.9 Å². The number of likely N-dealkylation sites (tertiary alicyclic amines) is 1. The van der Waals surface area contributed by atoms with Gasteiger partial charge in [-0.1, -0.05) is 12.1 Å². The number of nitrogens with one attached hydrogen (secondary N) is 4. The molecule has 2 aromatic heterocycles. The Bertz CT molecular complexity index is 1240. The van der Waals surface area contributed by atoms with Gasteiger partial charge in [-0.2, -0.15) is 5.10 Å². The number of anilines is 2. The van der Waals surface area contributed by atoms with E-state index >= 15 is 0 Å². The molecule has 4 N–H and O–H groups in total. The fraction of sp³-hybridized carbons (Fsp3) is 0.250. The number of nitrogens with zero attached hydrogens (tertiary/aromatic N) is 2. The summed E-state index contributed by atoms with van der Waals surface area (Å²) in [7, 11) is 2.15. The molecule has 3 heterocycles. The second-order valence-electron chi connectivity index (χ2n) is 8.28. The summed E-state index contributed by atoms with van der Waals surface area (Å²) in [5, 5.41) is 14.0. The highest BCUT2D eigenvalue weighted by atomic mass is 19.1. The first-order chi connectivity index (χ1) is 15.6. The molecule has 164 valence electrons. The lowest BCUT2D eigenvalue weighted by Crippen LogP contribution is -2.36. The van der Waals surface area contributed by atoms with E-state index in [-0.39, 0.29) is 11.7 Å². The van der Waals surface area contributed by atoms with E-state index in [9.17, 15) is 9.18 Å². The number of para-hydroxylation sites is 1. The van der Waals surface area contributed by atoms with Crippen LogP contribution in [0.4, 0.5) is 15.9 Å². The third-order valence-electron chi connectivity index (χ3n) is 6.00. The van der Waals surface area contributed by atoms with E-state index in [2.05, 4.69) is 37.8 Å². The average Bonchev–Trinajstić information content (AvgIpc) is 3.43. The first kappa shape index (κ1) is 20.3. The molecule has 1 aliphatic heterocycles. The van der Waals surface area contributed by atoms with Crippen LogP contribution < -0.4 is 10.6 Å². The number of aromatic nitrogens is 3. The Labute approximate surface area is 185 Å². The van der Waals surface area contributed by atoms with Crippen LogP contribution in [0.15, 0.2) is 54.7 Å². The fourth-order valence-electron chi connectivity index (χ4n) is 4.16. The van der Waals surface area contributed by atoms with E-state index in [4.69, 9.17) is 0 Å². The van der Waals surface area contributed by atoms with E-state index in [0.717, 1.165) is 37.2 Å². The summed E-state index contributed by atoms with van der Waals surface area (Å²) < 4.78 is 13.9. The quantitative estimate of drug-likeness (QED) is 0.375. The van der Waals surface area contributed by atoms with Crippen molar-refractivity contribution >= 4 is 28.3 Å². The molecule has 0 atom stereocenters. The molecule has 7 nitrogen and oxygen atoms in total. The first-order valence-electron chi connectivity index (χ1n) is 10.7. The van der Waals surface area contributed by atoms with E-state index in [1.54, 1.807) is 18.2 Å². The van der Waals surface area contributed by atoms with Crippen LogP contribution in [0.25, 0.3) is 22.2 Å². The first-order valence-corrected chi connectivity index (χ1v) is 10.7. The molecule has 0 radical (unpaired) electrons. The van der Waals surface area contributed by atoms with E-state index in [1.165, 1.54) is 6.20 Å². The summed E-state index contributed by atoms with van der Waals surface area (Å²) >= 11 is 0. The summed E-state index contributed by atoms with van der Waals surface area (Å²) in [6.45, 7) is 2.19. The van der Waals surface area contributed by atoms with Gasteiger partial charge in [-0.25, -0.2) is 4.39 Å². The van der Waals surface area contributed by atoms with Crippen LogP contribution in [0, 0.1) is 5.82 Å². The molecule has 0 spiro atoms. The zero-order chi connectivity index (χ0) is 22.1. The Morgan fingerprint density at radius 1 is 1.16 bits per heavy atom. The van der Waals surface area contributed by atoms with Gasteiger partial charge in [0.1, 0.15) is 11.6 Å². The maximum atomic E-state index is 13.9. The minimum absolute atomic E-state index is 0.227. The van der Waals surface area contributed by atoms with E-state index < -0.39 is 0 Å². The van der Waals surface area contributed by atoms with Gasteiger partial charge in [0.25, 0.3) is 5.91 Å². The fourth-order valence-corrected chi connectivity index (χ4v) is 4.16. The zero-order valence-electron chi connectivity index (χ0n) is 17.8. The molecule has 8 heteroatoms. The lowest BCUT2D eigenvalue weighted by atomic mass is 10.0. The predicted octanol–water partition coefficient (Wildman–Crippen LogP) is 4.46. The van der Waals surface area contributed by atoms with Crippen LogP contribution in [0.2, 0.25) is 0 Å². The van der Waals surface area contributed by atoms with Crippen molar-refractivity contribution in [2.24, 2.45) is 0 Å². The molecule has 5 rings (SSSR count). The highest BCUT2D eigenvalue weighted by Crippen LogP contribution is 2.29. The molecule has 1 fully saturated rings. The second-order valence-corrected chi connectivity index (χ2v) is 8.28. The Morgan fingerprint density at radius 3 is 2.72 bits per heavy atom. The van der Waals surface area contributed by atoms with Gasteiger partial charge in [-0.3, -0.25) is 9.89 Å². The molecule has 0 unspecified atom stereocenters. The lowest BCUT2D eigenvalue weighted by molar-refractivity contribution is 0.102. The molecule has 32 heavy (non-hydrogen) atoms. The molecule has 2 aromatic carbocycles. The number of rotatable bonds is 5. The van der Waals surface area contributed by atoms with Crippen LogP contribution in [-0.2, 0) is 0 Å².